The maximum absolute atomic E-state index is 5.22. The topological polar surface area (TPSA) is 24.5 Å². The molecule has 0 aromatic rings. The highest BCUT2D eigenvalue weighted by molar-refractivity contribution is 4.95. The Morgan fingerprint density at radius 3 is 2.25 bits per heavy atom. The molecule has 2 atom stereocenters. The smallest absolute Gasteiger partial charge is 0.0645 e. The zero-order valence-electron chi connectivity index (χ0n) is 7.33. The molecule has 3 aliphatic heterocycles. The molecule has 3 saturated heterocycles. The molecule has 0 aliphatic carbocycles. The van der Waals surface area contributed by atoms with E-state index >= 15 is 0 Å². The van der Waals surface area contributed by atoms with E-state index in [0.717, 1.165) is 31.3 Å². The largest absolute Gasteiger partial charge is 0.378 e. The molecule has 2 bridgehead atoms. The number of nitrogens with zero attached hydrogens (tertiary/aromatic N) is 1. The lowest BCUT2D eigenvalue weighted by Crippen LogP contribution is -2.59. The van der Waals surface area contributed by atoms with Crippen molar-refractivity contribution >= 4 is 0 Å². The first-order valence-electron chi connectivity index (χ1n) is 4.99. The summed E-state index contributed by atoms with van der Waals surface area (Å²) in [6, 6.07) is 2.31. The van der Waals surface area contributed by atoms with Crippen LogP contribution in [-0.4, -0.2) is 49.3 Å². The zero-order chi connectivity index (χ0) is 7.97. The minimum Gasteiger partial charge on any atom is -0.378 e. The van der Waals surface area contributed by atoms with Crippen LogP contribution in [0.2, 0.25) is 0 Å². The Morgan fingerprint density at radius 2 is 1.75 bits per heavy atom. The molecule has 3 heterocycles. The van der Waals surface area contributed by atoms with Crippen LogP contribution in [-0.2, 0) is 4.74 Å². The van der Waals surface area contributed by atoms with E-state index in [4.69, 9.17) is 4.74 Å². The third-order valence-electron chi connectivity index (χ3n) is 3.38. The zero-order valence-corrected chi connectivity index (χ0v) is 7.33. The molecule has 3 nitrogen and oxygen atoms in total. The molecule has 0 aromatic heterocycles. The van der Waals surface area contributed by atoms with Gasteiger partial charge < -0.3 is 10.1 Å². The summed E-state index contributed by atoms with van der Waals surface area (Å²) in [5.41, 5.74) is 0. The summed E-state index contributed by atoms with van der Waals surface area (Å²) in [7, 11) is 0. The lowest BCUT2D eigenvalue weighted by atomic mass is 10.1. The molecular weight excluding hydrogens is 152 g/mol. The Hall–Kier alpha value is -0.120. The average molecular weight is 168 g/mol. The van der Waals surface area contributed by atoms with E-state index in [1.165, 1.54) is 25.9 Å². The summed E-state index contributed by atoms with van der Waals surface area (Å²) in [6.45, 7) is 4.45. The van der Waals surface area contributed by atoms with Gasteiger partial charge in [-0.1, -0.05) is 0 Å². The van der Waals surface area contributed by atoms with Crippen molar-refractivity contribution in [3.05, 3.63) is 0 Å². The quantitative estimate of drug-likeness (QED) is 0.588. The van der Waals surface area contributed by atoms with Crippen molar-refractivity contribution in [1.82, 2.24) is 10.2 Å². The molecular formula is C9H16N2O. The van der Waals surface area contributed by atoms with Gasteiger partial charge in [-0.25, -0.2) is 0 Å². The highest BCUT2D eigenvalue weighted by atomic mass is 16.5. The van der Waals surface area contributed by atoms with Gasteiger partial charge in [0.1, 0.15) is 0 Å². The van der Waals surface area contributed by atoms with Gasteiger partial charge in [0.05, 0.1) is 19.3 Å². The van der Waals surface area contributed by atoms with E-state index < -0.39 is 0 Å². The Labute approximate surface area is 73.1 Å². The van der Waals surface area contributed by atoms with Crippen LogP contribution in [0, 0.1) is 0 Å². The van der Waals surface area contributed by atoms with Crippen LogP contribution < -0.4 is 5.32 Å². The summed E-state index contributed by atoms with van der Waals surface area (Å²) in [5, 5.41) is 3.64. The van der Waals surface area contributed by atoms with Crippen molar-refractivity contribution in [1.29, 1.82) is 0 Å². The van der Waals surface area contributed by atoms with Gasteiger partial charge in [-0.2, -0.15) is 0 Å². The van der Waals surface area contributed by atoms with Crippen molar-refractivity contribution in [3.8, 4) is 0 Å². The molecule has 68 valence electrons. The highest BCUT2D eigenvalue weighted by Crippen LogP contribution is 2.23. The first-order valence-corrected chi connectivity index (χ1v) is 4.99. The lowest BCUT2D eigenvalue weighted by molar-refractivity contribution is -0.0730. The van der Waals surface area contributed by atoms with E-state index in [9.17, 15) is 0 Å². The van der Waals surface area contributed by atoms with Gasteiger partial charge in [0.15, 0.2) is 0 Å². The first kappa shape index (κ1) is 7.30. The summed E-state index contributed by atoms with van der Waals surface area (Å²) in [6.07, 6.45) is 2.77. The van der Waals surface area contributed by atoms with Gasteiger partial charge in [-0.05, 0) is 12.8 Å². The van der Waals surface area contributed by atoms with E-state index in [0.29, 0.717) is 0 Å². The van der Waals surface area contributed by atoms with E-state index in [-0.39, 0.29) is 0 Å². The number of likely N-dealkylation sites (tertiary alicyclic amines) is 1. The molecule has 3 aliphatic rings. The molecule has 0 spiro atoms. The highest BCUT2D eigenvalue weighted by Gasteiger charge is 2.37. The van der Waals surface area contributed by atoms with Crippen LogP contribution in [0.5, 0.6) is 0 Å². The van der Waals surface area contributed by atoms with Gasteiger partial charge in [0.25, 0.3) is 0 Å². The fourth-order valence-corrected chi connectivity index (χ4v) is 2.56. The van der Waals surface area contributed by atoms with Crippen LogP contribution in [0.1, 0.15) is 12.8 Å². The minimum atomic E-state index is 0.746. The molecule has 2 unspecified atom stereocenters. The third-order valence-corrected chi connectivity index (χ3v) is 3.38. The summed E-state index contributed by atoms with van der Waals surface area (Å²) in [5.74, 6) is 0. The number of ether oxygens (including phenoxy) is 1. The van der Waals surface area contributed by atoms with E-state index in [1.807, 2.05) is 0 Å². The normalized spacial score (nSPS) is 43.0. The van der Waals surface area contributed by atoms with Crippen LogP contribution in [0.4, 0.5) is 0 Å². The van der Waals surface area contributed by atoms with Gasteiger partial charge in [0.2, 0.25) is 0 Å². The second-order valence-corrected chi connectivity index (χ2v) is 4.28. The monoisotopic (exact) mass is 168 g/mol. The van der Waals surface area contributed by atoms with Gasteiger partial charge in [0, 0.05) is 25.2 Å². The van der Waals surface area contributed by atoms with Crippen molar-refractivity contribution in [2.75, 3.05) is 26.3 Å². The summed E-state index contributed by atoms with van der Waals surface area (Å²) >= 11 is 0. The molecule has 3 fully saturated rings. The van der Waals surface area contributed by atoms with Gasteiger partial charge in [-0.3, -0.25) is 4.90 Å². The SMILES string of the molecule is C1CC2CN(C3COC3)CC1N2. The Balaban J connectivity index is 1.65. The van der Waals surface area contributed by atoms with Crippen LogP contribution in [0.25, 0.3) is 0 Å². The lowest BCUT2D eigenvalue weighted by Gasteiger charge is -2.42. The summed E-state index contributed by atoms with van der Waals surface area (Å²) in [4.78, 5) is 2.61. The Bertz CT molecular complexity index is 169. The van der Waals surface area contributed by atoms with Crippen molar-refractivity contribution in [3.63, 3.8) is 0 Å². The third kappa shape index (κ3) is 1.08. The molecule has 1 N–H and O–H groups in total. The van der Waals surface area contributed by atoms with Crippen molar-refractivity contribution < 1.29 is 4.74 Å². The molecule has 3 rings (SSSR count). The number of hydrogen-bond donors (Lipinski definition) is 1. The number of hydrogen-bond acceptors (Lipinski definition) is 3. The van der Waals surface area contributed by atoms with Crippen molar-refractivity contribution in [2.45, 2.75) is 31.0 Å². The predicted molar refractivity (Wildman–Crippen MR) is 46.1 cm³/mol. The fourth-order valence-electron chi connectivity index (χ4n) is 2.56. The number of nitrogens with one attached hydrogen (secondary N) is 1. The van der Waals surface area contributed by atoms with Crippen LogP contribution >= 0.6 is 0 Å². The Morgan fingerprint density at radius 1 is 1.08 bits per heavy atom. The predicted octanol–water partition coefficient (Wildman–Crippen LogP) is -0.179. The molecule has 3 heteroatoms. The Kier molecular flexibility index (Phi) is 1.63. The van der Waals surface area contributed by atoms with Crippen LogP contribution in [0.3, 0.4) is 0 Å². The minimum absolute atomic E-state index is 0.746. The number of fused-ring (bicyclic) bond motifs is 2. The van der Waals surface area contributed by atoms with E-state index in [1.54, 1.807) is 0 Å². The standard InChI is InChI=1S/C9H16N2O/c1-2-8-4-11(3-7(1)10-8)9-5-12-6-9/h7-10H,1-6H2. The van der Waals surface area contributed by atoms with Gasteiger partial charge in [-0.15, -0.1) is 0 Å². The number of piperazine rings is 1. The second kappa shape index (κ2) is 2.69. The molecule has 0 radical (unpaired) electrons. The summed E-state index contributed by atoms with van der Waals surface area (Å²) < 4.78 is 5.22. The molecule has 0 saturated carbocycles. The number of rotatable bonds is 1. The molecule has 0 amide bonds. The molecule has 0 aromatic carbocycles. The fraction of sp³-hybridized carbons (Fsp3) is 1.00. The van der Waals surface area contributed by atoms with Crippen molar-refractivity contribution in [2.24, 2.45) is 0 Å². The maximum Gasteiger partial charge on any atom is 0.0645 e. The average Bonchev–Trinajstić information content (AvgIpc) is 2.27. The van der Waals surface area contributed by atoms with Crippen LogP contribution in [0.15, 0.2) is 0 Å². The van der Waals surface area contributed by atoms with E-state index in [2.05, 4.69) is 10.2 Å². The molecule has 12 heavy (non-hydrogen) atoms. The first-order chi connectivity index (χ1) is 5.92. The van der Waals surface area contributed by atoms with Gasteiger partial charge >= 0.3 is 0 Å². The second-order valence-electron chi connectivity index (χ2n) is 4.28. The maximum atomic E-state index is 5.22.